The second-order valence-electron chi connectivity index (χ2n) is 3.41. The summed E-state index contributed by atoms with van der Waals surface area (Å²) in [6, 6.07) is 5.34. The van der Waals surface area contributed by atoms with Crippen molar-refractivity contribution >= 4 is 38.9 Å². The molecule has 1 heterocycles. The molecular weight excluding hydrogens is 284 g/mol. The topological polar surface area (TPSA) is 39.4 Å². The number of carbonyl (C=O) groups excluding carboxylic acids is 1. The van der Waals surface area contributed by atoms with Gasteiger partial charge in [0.1, 0.15) is 5.58 Å². The molecule has 4 heteroatoms. The lowest BCUT2D eigenvalue weighted by atomic mass is 10.1. The lowest BCUT2D eigenvalue weighted by molar-refractivity contribution is 0.0492. The first-order valence-corrected chi connectivity index (χ1v) is 5.98. The number of hydrogen-bond donors (Lipinski definition) is 0. The summed E-state index contributed by atoms with van der Waals surface area (Å²) in [5.41, 5.74) is 1.55. The molecule has 1 aromatic carbocycles. The minimum absolute atomic E-state index is 0.211. The summed E-state index contributed by atoms with van der Waals surface area (Å²) in [6.07, 6.45) is 1.72. The Bertz CT molecular complexity index is 584. The molecule has 0 fully saturated rings. The van der Waals surface area contributed by atoms with Gasteiger partial charge in [-0.2, -0.15) is 0 Å². The van der Waals surface area contributed by atoms with E-state index in [-0.39, 0.29) is 5.76 Å². The minimum atomic E-state index is -0.449. The van der Waals surface area contributed by atoms with Crippen LogP contribution >= 0.6 is 15.9 Å². The Labute approximate surface area is 107 Å². The number of ether oxygens (including phenoxy) is 1. The average molecular weight is 295 g/mol. The van der Waals surface area contributed by atoms with Crippen molar-refractivity contribution in [1.82, 2.24) is 0 Å². The summed E-state index contributed by atoms with van der Waals surface area (Å²) < 4.78 is 11.2. The summed E-state index contributed by atoms with van der Waals surface area (Å²) in [6.45, 7) is 5.83. The highest BCUT2D eigenvalue weighted by Crippen LogP contribution is 2.30. The fourth-order valence-corrected chi connectivity index (χ4v) is 2.12. The Morgan fingerprint density at radius 2 is 2.35 bits per heavy atom. The van der Waals surface area contributed by atoms with Crippen LogP contribution in [0, 0.1) is 0 Å². The smallest absolute Gasteiger partial charge is 0.374 e. The number of carbonyl (C=O) groups is 1. The van der Waals surface area contributed by atoms with Crippen LogP contribution in [0.15, 0.2) is 33.7 Å². The van der Waals surface area contributed by atoms with Crippen LogP contribution in [0.1, 0.15) is 23.0 Å². The zero-order valence-corrected chi connectivity index (χ0v) is 10.9. The van der Waals surface area contributed by atoms with Crippen LogP contribution < -0.4 is 0 Å². The van der Waals surface area contributed by atoms with E-state index in [1.807, 2.05) is 6.07 Å². The minimum Gasteiger partial charge on any atom is -0.460 e. The molecule has 0 unspecified atom stereocenters. The van der Waals surface area contributed by atoms with E-state index >= 15 is 0 Å². The summed E-state index contributed by atoms with van der Waals surface area (Å²) in [4.78, 5) is 11.5. The highest BCUT2D eigenvalue weighted by Gasteiger charge is 2.15. The maximum Gasteiger partial charge on any atom is 0.374 e. The average Bonchev–Trinajstić information content (AvgIpc) is 2.73. The molecule has 0 N–H and O–H groups in total. The highest BCUT2D eigenvalue weighted by molar-refractivity contribution is 9.10. The van der Waals surface area contributed by atoms with Gasteiger partial charge in [-0.3, -0.25) is 0 Å². The molecule has 88 valence electrons. The van der Waals surface area contributed by atoms with Crippen LogP contribution in [-0.4, -0.2) is 12.6 Å². The third-order valence-electron chi connectivity index (χ3n) is 2.37. The van der Waals surface area contributed by atoms with Gasteiger partial charge in [-0.15, -0.1) is 0 Å². The van der Waals surface area contributed by atoms with Crippen LogP contribution in [0.3, 0.4) is 0 Å². The van der Waals surface area contributed by atoms with Gasteiger partial charge >= 0.3 is 5.97 Å². The second kappa shape index (κ2) is 4.75. The summed E-state index contributed by atoms with van der Waals surface area (Å²) in [5, 5.41) is 0.845. The van der Waals surface area contributed by atoms with Gasteiger partial charge in [0, 0.05) is 9.86 Å². The molecule has 0 saturated heterocycles. The number of benzene rings is 1. The van der Waals surface area contributed by atoms with E-state index in [1.54, 1.807) is 25.1 Å². The molecule has 3 nitrogen and oxygen atoms in total. The van der Waals surface area contributed by atoms with Gasteiger partial charge in [-0.25, -0.2) is 4.79 Å². The van der Waals surface area contributed by atoms with Gasteiger partial charge in [-0.1, -0.05) is 28.6 Å². The molecule has 0 amide bonds. The van der Waals surface area contributed by atoms with E-state index in [0.29, 0.717) is 12.2 Å². The van der Waals surface area contributed by atoms with Gasteiger partial charge in [0.05, 0.1) is 6.61 Å². The summed E-state index contributed by atoms with van der Waals surface area (Å²) in [7, 11) is 0. The number of hydrogen-bond acceptors (Lipinski definition) is 3. The van der Waals surface area contributed by atoms with Crippen molar-refractivity contribution in [2.75, 3.05) is 6.61 Å². The van der Waals surface area contributed by atoms with Crippen molar-refractivity contribution in [3.05, 3.63) is 40.6 Å². The predicted octanol–water partition coefficient (Wildman–Crippen LogP) is 4.02. The summed E-state index contributed by atoms with van der Waals surface area (Å²) >= 11 is 3.43. The first-order chi connectivity index (χ1) is 8.17. The van der Waals surface area contributed by atoms with Crippen molar-refractivity contribution in [3.63, 3.8) is 0 Å². The molecule has 2 aromatic rings. The van der Waals surface area contributed by atoms with Gasteiger partial charge in [-0.05, 0) is 30.7 Å². The van der Waals surface area contributed by atoms with E-state index in [2.05, 4.69) is 22.5 Å². The van der Waals surface area contributed by atoms with Gasteiger partial charge in [0.15, 0.2) is 0 Å². The molecule has 0 saturated carbocycles. The number of esters is 1. The maximum absolute atomic E-state index is 11.5. The molecule has 0 atom stereocenters. The lowest BCUT2D eigenvalue weighted by Crippen LogP contribution is -2.02. The SMILES string of the molecule is C=Cc1c(Br)ccc2oc(C(=O)OCC)cc12. The van der Waals surface area contributed by atoms with Crippen LogP contribution in [0.25, 0.3) is 17.0 Å². The molecule has 0 radical (unpaired) electrons. The molecule has 0 aliphatic heterocycles. The maximum atomic E-state index is 11.5. The zero-order chi connectivity index (χ0) is 12.4. The van der Waals surface area contributed by atoms with Crippen molar-refractivity contribution in [1.29, 1.82) is 0 Å². The number of fused-ring (bicyclic) bond motifs is 1. The lowest BCUT2D eigenvalue weighted by Gasteiger charge is -1.97. The van der Waals surface area contributed by atoms with Gasteiger partial charge < -0.3 is 9.15 Å². The van der Waals surface area contributed by atoms with Gasteiger partial charge in [0.25, 0.3) is 0 Å². The number of halogens is 1. The Hall–Kier alpha value is -1.55. The van der Waals surface area contributed by atoms with Crippen LogP contribution in [0.5, 0.6) is 0 Å². The van der Waals surface area contributed by atoms with E-state index < -0.39 is 5.97 Å². The highest BCUT2D eigenvalue weighted by atomic mass is 79.9. The largest absolute Gasteiger partial charge is 0.460 e. The summed E-state index contributed by atoms with van der Waals surface area (Å²) in [5.74, 6) is -0.238. The first-order valence-electron chi connectivity index (χ1n) is 5.19. The third kappa shape index (κ3) is 2.13. The normalized spacial score (nSPS) is 10.5. The van der Waals surface area contributed by atoms with Crippen molar-refractivity contribution < 1.29 is 13.9 Å². The number of furan rings is 1. The molecule has 0 aliphatic rings. The molecule has 1 aromatic heterocycles. The van der Waals surface area contributed by atoms with Crippen LogP contribution in [0.4, 0.5) is 0 Å². The molecule has 17 heavy (non-hydrogen) atoms. The molecule has 0 aliphatic carbocycles. The Balaban J connectivity index is 2.57. The Morgan fingerprint density at radius 1 is 1.59 bits per heavy atom. The van der Waals surface area contributed by atoms with Crippen molar-refractivity contribution in [3.8, 4) is 0 Å². The van der Waals surface area contributed by atoms with Crippen LogP contribution in [-0.2, 0) is 4.74 Å². The molecule has 0 spiro atoms. The molecule has 0 bridgehead atoms. The second-order valence-corrected chi connectivity index (χ2v) is 4.26. The third-order valence-corrected chi connectivity index (χ3v) is 3.06. The monoisotopic (exact) mass is 294 g/mol. The fourth-order valence-electron chi connectivity index (χ4n) is 1.62. The van der Waals surface area contributed by atoms with Crippen molar-refractivity contribution in [2.45, 2.75) is 6.92 Å². The van der Waals surface area contributed by atoms with Crippen LogP contribution in [0.2, 0.25) is 0 Å². The Kier molecular flexibility index (Phi) is 3.33. The van der Waals surface area contributed by atoms with Crippen molar-refractivity contribution in [2.24, 2.45) is 0 Å². The quantitative estimate of drug-likeness (QED) is 0.803. The molecular formula is C13H11BrO3. The number of rotatable bonds is 3. The zero-order valence-electron chi connectivity index (χ0n) is 9.33. The van der Waals surface area contributed by atoms with E-state index in [9.17, 15) is 4.79 Å². The molecule has 2 rings (SSSR count). The predicted molar refractivity (Wildman–Crippen MR) is 70.0 cm³/mol. The van der Waals surface area contributed by atoms with E-state index in [0.717, 1.165) is 15.4 Å². The Morgan fingerprint density at radius 3 is 3.00 bits per heavy atom. The van der Waals surface area contributed by atoms with Gasteiger partial charge in [0.2, 0.25) is 5.76 Å². The standard InChI is InChI=1S/C13H11BrO3/c1-3-8-9-7-12(13(15)16-4-2)17-11(9)6-5-10(8)14/h3,5-7H,1,4H2,2H3. The van der Waals surface area contributed by atoms with E-state index in [4.69, 9.17) is 9.15 Å². The first kappa shape index (κ1) is 11.9. The van der Waals surface area contributed by atoms with E-state index in [1.165, 1.54) is 0 Å². The fraction of sp³-hybridized carbons (Fsp3) is 0.154.